The summed E-state index contributed by atoms with van der Waals surface area (Å²) >= 11 is 0. The van der Waals surface area contributed by atoms with Gasteiger partial charge in [0, 0.05) is 88.6 Å². The van der Waals surface area contributed by atoms with Gasteiger partial charge in [-0.25, -0.2) is 0 Å². The second kappa shape index (κ2) is 18.6. The van der Waals surface area contributed by atoms with E-state index in [0.717, 1.165) is 100 Å². The van der Waals surface area contributed by atoms with Crippen LogP contribution in [0.5, 0.6) is 0 Å². The highest BCUT2D eigenvalue weighted by atomic mass is 16.3. The number of hydrogen-bond acceptors (Lipinski definition) is 4. The minimum Gasteiger partial charge on any atom is -0.456 e. The van der Waals surface area contributed by atoms with Gasteiger partial charge in [-0.15, -0.1) is 0 Å². The van der Waals surface area contributed by atoms with E-state index in [0.29, 0.717) is 0 Å². The van der Waals surface area contributed by atoms with Crippen LogP contribution in [0.3, 0.4) is 0 Å². The lowest BCUT2D eigenvalue weighted by Gasteiger charge is -2.26. The van der Waals surface area contributed by atoms with Gasteiger partial charge >= 0.3 is 0 Å². The van der Waals surface area contributed by atoms with Crippen LogP contribution in [0, 0.1) is 0 Å². The summed E-state index contributed by atoms with van der Waals surface area (Å²) in [6, 6.07) is 92.8. The van der Waals surface area contributed by atoms with Crippen molar-refractivity contribution in [3.05, 3.63) is 266 Å². The fraction of sp³-hybridized carbons (Fsp3) is 0.103. The van der Waals surface area contributed by atoms with E-state index >= 15 is 0 Å². The summed E-state index contributed by atoms with van der Waals surface area (Å²) in [5.74, 6) is 0. The van der Waals surface area contributed by atoms with E-state index in [-0.39, 0.29) is 10.8 Å². The van der Waals surface area contributed by atoms with Crippen LogP contribution in [0.1, 0.15) is 52.7 Å². The van der Waals surface area contributed by atoms with Gasteiger partial charge in [-0.2, -0.15) is 0 Å². The minimum absolute atomic E-state index is 0.0249. The third kappa shape index (κ3) is 8.00. The second-order valence-corrected chi connectivity index (χ2v) is 24.7. The molecule has 16 rings (SSSR count). The first-order valence-electron chi connectivity index (χ1n) is 29.1. The van der Waals surface area contributed by atoms with E-state index in [2.05, 4.69) is 315 Å². The Bertz CT molecular complexity index is 4960. The normalized spacial score (nSPS) is 12.4. The SMILES string of the molecule is CC(C)(C)c1cccc(-n2c3ccccc3c3cc(N(c4ccccc4)c4ccc5oc6cc7cc8c(cc7cc6c5c4)oc4ccc(N(c5ccccc5)c5ccc6c(c5)c5ccccc5n6-c5cccc(C(C)(C)C)c5)cc48)ccc32)c1. The fourth-order valence-corrected chi connectivity index (χ4v) is 13.1. The Morgan fingerprint density at radius 3 is 1.04 bits per heavy atom. The molecule has 0 aliphatic carbocycles. The van der Waals surface area contributed by atoms with Gasteiger partial charge in [0.15, 0.2) is 0 Å². The molecule has 0 amide bonds. The minimum atomic E-state index is 0.0249. The number of benzene rings is 12. The molecular formula is C78H60N4O2. The van der Waals surface area contributed by atoms with E-state index in [1.807, 2.05) is 0 Å². The largest absolute Gasteiger partial charge is 0.456 e. The molecule has 0 aliphatic heterocycles. The van der Waals surface area contributed by atoms with Crippen LogP contribution in [0.4, 0.5) is 34.1 Å². The number of nitrogens with zero attached hydrogens (tertiary/aromatic N) is 4. The summed E-state index contributed by atoms with van der Waals surface area (Å²) in [5, 5.41) is 11.2. The van der Waals surface area contributed by atoms with Crippen molar-refractivity contribution < 1.29 is 8.83 Å². The monoisotopic (exact) mass is 1080 g/mol. The number of aromatic nitrogens is 2. The topological polar surface area (TPSA) is 42.6 Å². The molecule has 6 nitrogen and oxygen atoms in total. The molecule has 0 N–H and O–H groups in total. The number of furan rings is 2. The van der Waals surface area contributed by atoms with Crippen LogP contribution in [-0.2, 0) is 10.8 Å². The summed E-state index contributed by atoms with van der Waals surface area (Å²) in [5.41, 5.74) is 19.4. The number of anilines is 6. The van der Waals surface area contributed by atoms with Gasteiger partial charge in [0.2, 0.25) is 0 Å². The van der Waals surface area contributed by atoms with Crippen molar-refractivity contribution in [1.29, 1.82) is 0 Å². The maximum atomic E-state index is 6.77. The molecule has 84 heavy (non-hydrogen) atoms. The van der Waals surface area contributed by atoms with Crippen molar-refractivity contribution in [1.82, 2.24) is 9.13 Å². The second-order valence-electron chi connectivity index (χ2n) is 24.7. The molecule has 0 aliphatic rings. The van der Waals surface area contributed by atoms with Crippen molar-refractivity contribution >= 4 is 132 Å². The Labute approximate surface area is 487 Å². The molecule has 12 aromatic carbocycles. The predicted molar refractivity (Wildman–Crippen MR) is 354 cm³/mol. The lowest BCUT2D eigenvalue weighted by molar-refractivity contribution is 0.589. The van der Waals surface area contributed by atoms with Crippen LogP contribution in [0.15, 0.2) is 264 Å². The van der Waals surface area contributed by atoms with Crippen LogP contribution >= 0.6 is 0 Å². The van der Waals surface area contributed by atoms with Crippen molar-refractivity contribution in [2.75, 3.05) is 9.80 Å². The standard InChI is InChI=1S/C78H60N4O2/c1-77(2,3)51-19-17-25-55(43-51)81-69-29-15-13-27-61(69)63-45-57(31-35-71(63)81)79(53-21-9-7-10-22-53)59-33-37-73-67(47-59)65-39-49-42-76-66(40-50(49)41-75(65)83-73)68-48-60(34-38-74(68)84-76)80(54-23-11-8-12-24-54)58-32-36-72-64(46-58)62-28-14-16-30-70(62)82(72)56-26-18-20-52(44-56)78(4,5)6/h7-48H,1-6H3. The first-order valence-corrected chi connectivity index (χ1v) is 29.1. The quantitative estimate of drug-likeness (QED) is 0.152. The molecule has 16 aromatic rings. The van der Waals surface area contributed by atoms with E-state index < -0.39 is 0 Å². The molecule has 0 saturated heterocycles. The highest BCUT2D eigenvalue weighted by Gasteiger charge is 2.24. The van der Waals surface area contributed by atoms with Crippen LogP contribution in [-0.4, -0.2) is 9.13 Å². The van der Waals surface area contributed by atoms with Gasteiger partial charge in [0.25, 0.3) is 0 Å². The third-order valence-electron chi connectivity index (χ3n) is 17.3. The van der Waals surface area contributed by atoms with Crippen molar-refractivity contribution in [3.63, 3.8) is 0 Å². The zero-order valence-electron chi connectivity index (χ0n) is 47.9. The predicted octanol–water partition coefficient (Wildman–Crippen LogP) is 22.4. The van der Waals surface area contributed by atoms with Gasteiger partial charge in [-0.3, -0.25) is 0 Å². The number of fused-ring (bicyclic) bond motifs is 13. The van der Waals surface area contributed by atoms with Crippen LogP contribution in [0.2, 0.25) is 0 Å². The number of rotatable bonds is 8. The molecule has 0 bridgehead atoms. The zero-order valence-corrected chi connectivity index (χ0v) is 47.9. The van der Waals surface area contributed by atoms with E-state index in [4.69, 9.17) is 8.83 Å². The first kappa shape index (κ1) is 49.5. The van der Waals surface area contributed by atoms with Gasteiger partial charge in [0.1, 0.15) is 22.3 Å². The molecule has 4 heterocycles. The smallest absolute Gasteiger partial charge is 0.136 e. The Morgan fingerprint density at radius 1 is 0.262 bits per heavy atom. The van der Waals surface area contributed by atoms with Gasteiger partial charge < -0.3 is 27.8 Å². The van der Waals surface area contributed by atoms with Crippen LogP contribution in [0.25, 0.3) is 110 Å². The van der Waals surface area contributed by atoms with Crippen molar-refractivity contribution in [2.45, 2.75) is 52.4 Å². The Morgan fingerprint density at radius 2 is 0.619 bits per heavy atom. The first-order chi connectivity index (χ1) is 40.9. The van der Waals surface area contributed by atoms with Gasteiger partial charge in [-0.1, -0.05) is 139 Å². The van der Waals surface area contributed by atoms with Crippen molar-refractivity contribution in [2.24, 2.45) is 0 Å². The fourth-order valence-electron chi connectivity index (χ4n) is 13.1. The Hall–Kier alpha value is -10.3. The molecular weight excluding hydrogens is 1020 g/mol. The molecule has 0 radical (unpaired) electrons. The number of hydrogen-bond donors (Lipinski definition) is 0. The van der Waals surface area contributed by atoms with Crippen LogP contribution < -0.4 is 9.80 Å². The average molecular weight is 1090 g/mol. The lowest BCUT2D eigenvalue weighted by atomic mass is 9.87. The average Bonchev–Trinajstić information content (AvgIpc) is 3.50. The summed E-state index contributed by atoms with van der Waals surface area (Å²) in [4.78, 5) is 4.72. The molecule has 0 fully saturated rings. The van der Waals surface area contributed by atoms with E-state index in [1.165, 1.54) is 54.7 Å². The summed E-state index contributed by atoms with van der Waals surface area (Å²) in [6.45, 7) is 13.7. The summed E-state index contributed by atoms with van der Waals surface area (Å²) < 4.78 is 18.4. The number of para-hydroxylation sites is 4. The van der Waals surface area contributed by atoms with E-state index in [9.17, 15) is 0 Å². The lowest BCUT2D eigenvalue weighted by Crippen LogP contribution is -2.11. The zero-order chi connectivity index (χ0) is 56.6. The molecule has 0 saturated carbocycles. The van der Waals surface area contributed by atoms with Gasteiger partial charge in [-0.05, 0) is 190 Å². The summed E-state index contributed by atoms with van der Waals surface area (Å²) in [7, 11) is 0. The molecule has 6 heteroatoms. The Balaban J connectivity index is 0.793. The van der Waals surface area contributed by atoms with E-state index in [1.54, 1.807) is 0 Å². The highest BCUT2D eigenvalue weighted by molar-refractivity contribution is 6.17. The maximum absolute atomic E-state index is 6.77. The molecule has 0 atom stereocenters. The summed E-state index contributed by atoms with van der Waals surface area (Å²) in [6.07, 6.45) is 0. The highest BCUT2D eigenvalue weighted by Crippen LogP contribution is 2.46. The molecule has 0 spiro atoms. The maximum Gasteiger partial charge on any atom is 0.136 e. The van der Waals surface area contributed by atoms with Crippen molar-refractivity contribution in [3.8, 4) is 11.4 Å². The molecule has 404 valence electrons. The molecule has 0 unspecified atom stereocenters. The van der Waals surface area contributed by atoms with Gasteiger partial charge in [0.05, 0.1) is 22.1 Å². The Kier molecular flexibility index (Phi) is 11.0. The molecule has 4 aromatic heterocycles. The third-order valence-corrected chi connectivity index (χ3v) is 17.3.